The van der Waals surface area contributed by atoms with Crippen molar-refractivity contribution in [3.8, 4) is 5.75 Å². The van der Waals surface area contributed by atoms with Crippen LogP contribution in [-0.2, 0) is 11.4 Å². The van der Waals surface area contributed by atoms with Crippen LogP contribution >= 0.6 is 0 Å². The number of benzene rings is 2. The maximum Gasteiger partial charge on any atom is 0.289 e. The van der Waals surface area contributed by atoms with E-state index in [-0.39, 0.29) is 18.4 Å². The minimum Gasteiger partial charge on any atom is -0.486 e. The van der Waals surface area contributed by atoms with Gasteiger partial charge >= 0.3 is 0 Å². The lowest BCUT2D eigenvalue weighted by atomic mass is 10.0. The van der Waals surface area contributed by atoms with Gasteiger partial charge in [0.15, 0.2) is 5.76 Å². The van der Waals surface area contributed by atoms with Gasteiger partial charge in [0.25, 0.3) is 5.91 Å². The van der Waals surface area contributed by atoms with Gasteiger partial charge in [-0.25, -0.2) is 0 Å². The number of hydrogen-bond acceptors (Lipinski definition) is 5. The van der Waals surface area contributed by atoms with Gasteiger partial charge < -0.3 is 19.0 Å². The Morgan fingerprint density at radius 3 is 2.54 bits per heavy atom. The van der Waals surface area contributed by atoms with E-state index in [1.54, 1.807) is 17.0 Å². The zero-order chi connectivity index (χ0) is 24.2. The number of furan rings is 1. The Kier molecular flexibility index (Phi) is 7.04. The van der Waals surface area contributed by atoms with Crippen LogP contribution in [0, 0.1) is 0 Å². The fraction of sp³-hybridized carbons (Fsp3) is 0.429. The molecule has 3 heterocycles. The third-order valence-corrected chi connectivity index (χ3v) is 7.12. The third kappa shape index (κ3) is 5.51. The Hall–Kier alpha value is -3.32. The van der Waals surface area contributed by atoms with Crippen LogP contribution < -0.4 is 4.74 Å². The molecule has 0 radical (unpaired) electrons. The molecule has 35 heavy (non-hydrogen) atoms. The van der Waals surface area contributed by atoms with Crippen LogP contribution in [0.25, 0.3) is 10.8 Å². The summed E-state index contributed by atoms with van der Waals surface area (Å²) < 4.78 is 11.7. The van der Waals surface area contributed by atoms with Crippen molar-refractivity contribution in [2.24, 2.45) is 0 Å². The van der Waals surface area contributed by atoms with Gasteiger partial charge in [-0.05, 0) is 61.2 Å². The highest BCUT2D eigenvalue weighted by Gasteiger charge is 2.28. The molecule has 7 heteroatoms. The monoisotopic (exact) mass is 475 g/mol. The molecule has 3 aromatic rings. The van der Waals surface area contributed by atoms with Gasteiger partial charge in [0, 0.05) is 38.8 Å². The number of carbonyl (C=O) groups is 2. The Balaban J connectivity index is 1.10. The van der Waals surface area contributed by atoms with E-state index >= 15 is 0 Å². The Bertz CT molecular complexity index is 1180. The molecule has 2 aliphatic rings. The van der Waals surface area contributed by atoms with E-state index in [1.165, 1.54) is 6.42 Å². The zero-order valence-corrected chi connectivity index (χ0v) is 20.3. The van der Waals surface area contributed by atoms with Crippen molar-refractivity contribution in [1.82, 2.24) is 14.7 Å². The van der Waals surface area contributed by atoms with Crippen LogP contribution in [0.2, 0.25) is 0 Å². The van der Waals surface area contributed by atoms with Gasteiger partial charge in [-0.2, -0.15) is 0 Å². The highest BCUT2D eigenvalue weighted by Crippen LogP contribution is 2.22. The number of hydrogen-bond donors (Lipinski definition) is 0. The SMILES string of the molecule is CC1CCCCN1C(=O)CN1CCN(C(=O)c2ccc(COc3ccc4ccccc4c3)o2)CC1. The number of nitrogens with zero attached hydrogens (tertiary/aromatic N) is 3. The van der Waals surface area contributed by atoms with Gasteiger partial charge in [-0.15, -0.1) is 0 Å². The van der Waals surface area contributed by atoms with Crippen LogP contribution in [0.4, 0.5) is 0 Å². The molecule has 0 N–H and O–H groups in total. The lowest BCUT2D eigenvalue weighted by molar-refractivity contribution is -0.136. The van der Waals surface area contributed by atoms with E-state index in [4.69, 9.17) is 9.15 Å². The predicted molar refractivity (Wildman–Crippen MR) is 134 cm³/mol. The standard InChI is InChI=1S/C28H33N3O4/c1-21-6-4-5-13-31(21)27(32)19-29-14-16-30(17-15-29)28(33)26-12-11-25(35-26)20-34-24-10-9-22-7-2-3-8-23(22)18-24/h2-3,7-12,18,21H,4-6,13-17,19-20H2,1H3. The molecular weight excluding hydrogens is 442 g/mol. The smallest absolute Gasteiger partial charge is 0.289 e. The molecule has 2 aromatic carbocycles. The van der Waals surface area contributed by atoms with E-state index in [0.717, 1.165) is 35.9 Å². The molecule has 5 rings (SSSR count). The zero-order valence-electron chi connectivity index (χ0n) is 20.3. The maximum absolute atomic E-state index is 13.0. The Morgan fingerprint density at radius 1 is 0.943 bits per heavy atom. The fourth-order valence-electron chi connectivity index (χ4n) is 5.00. The average molecular weight is 476 g/mol. The van der Waals surface area contributed by atoms with E-state index in [0.29, 0.717) is 50.3 Å². The second-order valence-corrected chi connectivity index (χ2v) is 9.56. The van der Waals surface area contributed by atoms with Crippen LogP contribution in [0.5, 0.6) is 5.75 Å². The topological polar surface area (TPSA) is 66.2 Å². The average Bonchev–Trinajstić information content (AvgIpc) is 3.37. The first-order chi connectivity index (χ1) is 17.1. The van der Waals surface area contributed by atoms with E-state index < -0.39 is 0 Å². The molecule has 0 bridgehead atoms. The van der Waals surface area contributed by atoms with Crippen LogP contribution in [-0.4, -0.2) is 71.8 Å². The molecule has 2 aliphatic heterocycles. The lowest BCUT2D eigenvalue weighted by Crippen LogP contribution is -2.53. The summed E-state index contributed by atoms with van der Waals surface area (Å²) in [7, 11) is 0. The quantitative estimate of drug-likeness (QED) is 0.535. The minimum atomic E-state index is -0.113. The molecule has 184 valence electrons. The maximum atomic E-state index is 13.0. The van der Waals surface area contributed by atoms with E-state index in [9.17, 15) is 9.59 Å². The van der Waals surface area contributed by atoms with Crippen molar-refractivity contribution < 1.29 is 18.7 Å². The van der Waals surface area contributed by atoms with Crippen molar-refractivity contribution in [2.45, 2.75) is 38.8 Å². The summed E-state index contributed by atoms with van der Waals surface area (Å²) in [6, 6.07) is 17.9. The molecule has 2 saturated heterocycles. The summed E-state index contributed by atoms with van der Waals surface area (Å²) in [5, 5.41) is 2.28. The molecule has 0 spiro atoms. The van der Waals surface area contributed by atoms with Crippen LogP contribution in [0.15, 0.2) is 59.0 Å². The molecule has 1 unspecified atom stereocenters. The molecule has 0 aliphatic carbocycles. The number of amides is 2. The van der Waals surface area contributed by atoms with Crippen LogP contribution in [0.3, 0.4) is 0 Å². The highest BCUT2D eigenvalue weighted by molar-refractivity contribution is 5.91. The Morgan fingerprint density at radius 2 is 1.74 bits per heavy atom. The van der Waals surface area contributed by atoms with E-state index in [2.05, 4.69) is 24.0 Å². The second-order valence-electron chi connectivity index (χ2n) is 9.56. The summed E-state index contributed by atoms with van der Waals surface area (Å²) in [5.41, 5.74) is 0. The summed E-state index contributed by atoms with van der Waals surface area (Å²) in [4.78, 5) is 31.6. The lowest BCUT2D eigenvalue weighted by Gasteiger charge is -2.37. The molecule has 7 nitrogen and oxygen atoms in total. The first kappa shape index (κ1) is 23.4. The summed E-state index contributed by atoms with van der Waals surface area (Å²) in [6.07, 6.45) is 3.39. The van der Waals surface area contributed by atoms with Gasteiger partial charge in [0.2, 0.25) is 5.91 Å². The molecule has 2 fully saturated rings. The van der Waals surface area contributed by atoms with Gasteiger partial charge in [-0.1, -0.05) is 30.3 Å². The van der Waals surface area contributed by atoms with Crippen molar-refractivity contribution in [1.29, 1.82) is 0 Å². The minimum absolute atomic E-state index is 0.113. The number of likely N-dealkylation sites (tertiary alicyclic amines) is 1. The fourth-order valence-corrected chi connectivity index (χ4v) is 5.00. The number of carbonyl (C=O) groups excluding carboxylic acids is 2. The Labute approximate surface area is 206 Å². The van der Waals surface area contributed by atoms with Crippen molar-refractivity contribution in [2.75, 3.05) is 39.3 Å². The summed E-state index contributed by atoms with van der Waals surface area (Å²) in [6.45, 7) is 6.26. The van der Waals surface area contributed by atoms with Crippen molar-refractivity contribution >= 4 is 22.6 Å². The molecule has 1 atom stereocenters. The number of rotatable bonds is 6. The largest absolute Gasteiger partial charge is 0.486 e. The summed E-state index contributed by atoms with van der Waals surface area (Å²) >= 11 is 0. The van der Waals surface area contributed by atoms with Crippen molar-refractivity contribution in [3.05, 3.63) is 66.1 Å². The van der Waals surface area contributed by atoms with Gasteiger partial charge in [-0.3, -0.25) is 14.5 Å². The highest BCUT2D eigenvalue weighted by atomic mass is 16.5. The number of ether oxygens (including phenoxy) is 1. The summed E-state index contributed by atoms with van der Waals surface area (Å²) in [5.74, 6) is 1.80. The molecular formula is C28H33N3O4. The first-order valence-electron chi connectivity index (χ1n) is 12.6. The molecule has 1 aromatic heterocycles. The third-order valence-electron chi connectivity index (χ3n) is 7.12. The number of piperazine rings is 1. The number of fused-ring (bicyclic) bond motifs is 1. The van der Waals surface area contributed by atoms with Crippen molar-refractivity contribution in [3.63, 3.8) is 0 Å². The predicted octanol–water partition coefficient (Wildman–Crippen LogP) is 4.17. The first-order valence-corrected chi connectivity index (χ1v) is 12.6. The molecule has 0 saturated carbocycles. The van der Waals surface area contributed by atoms with E-state index in [1.807, 2.05) is 35.2 Å². The van der Waals surface area contributed by atoms with Crippen LogP contribution in [0.1, 0.15) is 42.5 Å². The van der Waals surface area contributed by atoms with Gasteiger partial charge in [0.1, 0.15) is 18.1 Å². The number of piperidine rings is 1. The molecule has 2 amide bonds. The van der Waals surface area contributed by atoms with Gasteiger partial charge in [0.05, 0.1) is 6.54 Å². The second kappa shape index (κ2) is 10.5. The normalized spacial score (nSPS) is 19.2.